The first-order valence-electron chi connectivity index (χ1n) is 9.08. The van der Waals surface area contributed by atoms with Crippen molar-refractivity contribution in [2.75, 3.05) is 14.2 Å². The zero-order valence-electron chi connectivity index (χ0n) is 16.0. The lowest BCUT2D eigenvalue weighted by molar-refractivity contribution is 0.314. The van der Waals surface area contributed by atoms with Gasteiger partial charge in [-0.25, -0.2) is 14.6 Å². The van der Waals surface area contributed by atoms with Gasteiger partial charge >= 0.3 is 0 Å². The lowest BCUT2D eigenvalue weighted by Gasteiger charge is -2.18. The van der Waals surface area contributed by atoms with E-state index in [0.717, 1.165) is 41.1 Å². The number of hydrogen-bond donors (Lipinski definition) is 0. The fourth-order valence-electron chi connectivity index (χ4n) is 3.26. The van der Waals surface area contributed by atoms with Crippen LogP contribution in [0.1, 0.15) is 16.8 Å². The van der Waals surface area contributed by atoms with Gasteiger partial charge in [-0.05, 0) is 36.9 Å². The van der Waals surface area contributed by atoms with Crippen LogP contribution in [0.15, 0.2) is 61.3 Å². The summed E-state index contributed by atoms with van der Waals surface area (Å²) in [5.41, 5.74) is 5.07. The second kappa shape index (κ2) is 8.14. The zero-order valence-corrected chi connectivity index (χ0v) is 16.0. The lowest BCUT2D eigenvalue weighted by Crippen LogP contribution is -2.18. The molecule has 0 radical (unpaired) electrons. The monoisotopic (exact) mass is 374 g/mol. The van der Waals surface area contributed by atoms with Crippen LogP contribution >= 0.6 is 0 Å². The first kappa shape index (κ1) is 18.1. The molecule has 0 spiro atoms. The number of ether oxygens (including phenoxy) is 1. The van der Waals surface area contributed by atoms with Crippen molar-refractivity contribution in [1.82, 2.24) is 29.6 Å². The van der Waals surface area contributed by atoms with Crippen LogP contribution < -0.4 is 4.74 Å². The smallest absolute Gasteiger partial charge is 0.137 e. The molecule has 4 aromatic rings. The summed E-state index contributed by atoms with van der Waals surface area (Å²) in [6.07, 6.45) is 5.09. The SMILES string of the molecule is COc1ccc(CN(C)Cc2cnc3ccccc3n2)cc1Cn1cncn1. The van der Waals surface area contributed by atoms with E-state index in [2.05, 4.69) is 39.1 Å². The summed E-state index contributed by atoms with van der Waals surface area (Å²) < 4.78 is 7.28. The number of fused-ring (bicyclic) bond motifs is 1. The van der Waals surface area contributed by atoms with Gasteiger partial charge in [-0.3, -0.25) is 9.88 Å². The molecule has 2 aromatic carbocycles. The van der Waals surface area contributed by atoms with Crippen LogP contribution in [0.25, 0.3) is 11.0 Å². The molecule has 28 heavy (non-hydrogen) atoms. The molecule has 7 heteroatoms. The highest BCUT2D eigenvalue weighted by Crippen LogP contribution is 2.22. The predicted molar refractivity (Wildman–Crippen MR) is 107 cm³/mol. The molecule has 0 aliphatic carbocycles. The Morgan fingerprint density at radius 2 is 1.93 bits per heavy atom. The van der Waals surface area contributed by atoms with E-state index in [9.17, 15) is 0 Å². The fraction of sp³-hybridized carbons (Fsp3) is 0.238. The van der Waals surface area contributed by atoms with Crippen molar-refractivity contribution in [3.63, 3.8) is 0 Å². The van der Waals surface area contributed by atoms with E-state index >= 15 is 0 Å². The topological polar surface area (TPSA) is 69.0 Å². The first-order chi connectivity index (χ1) is 13.7. The number of rotatable bonds is 7. The number of para-hydroxylation sites is 2. The fourth-order valence-corrected chi connectivity index (χ4v) is 3.26. The van der Waals surface area contributed by atoms with Crippen molar-refractivity contribution in [2.45, 2.75) is 19.6 Å². The van der Waals surface area contributed by atoms with Crippen LogP contribution in [0.4, 0.5) is 0 Å². The van der Waals surface area contributed by atoms with Crippen LogP contribution in [-0.4, -0.2) is 43.8 Å². The summed E-state index contributed by atoms with van der Waals surface area (Å²) >= 11 is 0. The highest BCUT2D eigenvalue weighted by molar-refractivity contribution is 5.73. The van der Waals surface area contributed by atoms with Crippen molar-refractivity contribution >= 4 is 11.0 Å². The van der Waals surface area contributed by atoms with E-state index < -0.39 is 0 Å². The molecule has 0 saturated heterocycles. The van der Waals surface area contributed by atoms with Crippen LogP contribution in [0.2, 0.25) is 0 Å². The van der Waals surface area contributed by atoms with Gasteiger partial charge in [-0.15, -0.1) is 0 Å². The molecular weight excluding hydrogens is 352 g/mol. The van der Waals surface area contributed by atoms with Gasteiger partial charge in [0.05, 0.1) is 36.6 Å². The first-order valence-corrected chi connectivity index (χ1v) is 9.08. The normalized spacial score (nSPS) is 11.2. The maximum Gasteiger partial charge on any atom is 0.137 e. The van der Waals surface area contributed by atoms with Gasteiger partial charge in [0.15, 0.2) is 0 Å². The average molecular weight is 374 g/mol. The predicted octanol–water partition coefficient (Wildman–Crippen LogP) is 2.91. The molecule has 2 heterocycles. The Morgan fingerprint density at radius 3 is 2.71 bits per heavy atom. The number of methoxy groups -OCH3 is 1. The summed E-state index contributed by atoms with van der Waals surface area (Å²) in [6, 6.07) is 14.2. The van der Waals surface area contributed by atoms with Gasteiger partial charge in [0, 0.05) is 18.7 Å². The van der Waals surface area contributed by atoms with E-state index in [1.807, 2.05) is 36.5 Å². The van der Waals surface area contributed by atoms with Crippen molar-refractivity contribution in [2.24, 2.45) is 0 Å². The van der Waals surface area contributed by atoms with E-state index in [-0.39, 0.29) is 0 Å². The maximum absolute atomic E-state index is 5.50. The molecule has 0 unspecified atom stereocenters. The van der Waals surface area contributed by atoms with Crippen LogP contribution in [-0.2, 0) is 19.6 Å². The van der Waals surface area contributed by atoms with E-state index in [4.69, 9.17) is 9.72 Å². The molecule has 2 aromatic heterocycles. The standard InChI is InChI=1S/C21H22N6O/c1-26(13-18-10-23-19-5-3-4-6-20(19)25-18)11-16-7-8-21(28-2)17(9-16)12-27-15-22-14-24-27/h3-10,14-15H,11-13H2,1-2H3. The molecule has 0 N–H and O–H groups in total. The Balaban J connectivity index is 1.47. The summed E-state index contributed by atoms with van der Waals surface area (Å²) in [4.78, 5) is 15.4. The number of nitrogens with zero attached hydrogens (tertiary/aromatic N) is 6. The molecule has 142 valence electrons. The Bertz CT molecular complexity index is 1060. The zero-order chi connectivity index (χ0) is 19.3. The summed E-state index contributed by atoms with van der Waals surface area (Å²) in [7, 11) is 3.77. The van der Waals surface area contributed by atoms with Crippen LogP contribution in [0, 0.1) is 0 Å². The molecule has 0 saturated carbocycles. The largest absolute Gasteiger partial charge is 0.496 e. The van der Waals surface area contributed by atoms with E-state index in [1.165, 1.54) is 11.9 Å². The van der Waals surface area contributed by atoms with Gasteiger partial charge < -0.3 is 4.74 Å². The second-order valence-electron chi connectivity index (χ2n) is 6.76. The average Bonchev–Trinajstić information content (AvgIpc) is 3.21. The molecule has 7 nitrogen and oxygen atoms in total. The summed E-state index contributed by atoms with van der Waals surface area (Å²) in [5, 5.41) is 4.18. The second-order valence-corrected chi connectivity index (χ2v) is 6.76. The van der Waals surface area contributed by atoms with Gasteiger partial charge in [-0.2, -0.15) is 5.10 Å². The molecule has 0 aliphatic heterocycles. The molecule has 4 rings (SSSR count). The van der Waals surface area contributed by atoms with E-state index in [1.54, 1.807) is 18.1 Å². The number of aromatic nitrogens is 5. The third-order valence-electron chi connectivity index (χ3n) is 4.53. The quantitative estimate of drug-likeness (QED) is 0.495. The van der Waals surface area contributed by atoms with Crippen molar-refractivity contribution in [1.29, 1.82) is 0 Å². The summed E-state index contributed by atoms with van der Waals surface area (Å²) in [5.74, 6) is 0.849. The highest BCUT2D eigenvalue weighted by atomic mass is 16.5. The molecule has 0 amide bonds. The van der Waals surface area contributed by atoms with E-state index in [0.29, 0.717) is 6.54 Å². The minimum Gasteiger partial charge on any atom is -0.496 e. The molecule has 0 bridgehead atoms. The third kappa shape index (κ3) is 4.15. The van der Waals surface area contributed by atoms with Crippen molar-refractivity contribution in [3.05, 3.63) is 78.1 Å². The van der Waals surface area contributed by atoms with Crippen LogP contribution in [0.5, 0.6) is 5.75 Å². The molecular formula is C21H22N6O. The number of hydrogen-bond acceptors (Lipinski definition) is 6. The number of benzene rings is 2. The molecule has 0 atom stereocenters. The molecule has 0 aliphatic rings. The Labute approximate surface area is 163 Å². The highest BCUT2D eigenvalue weighted by Gasteiger charge is 2.09. The molecule has 0 fully saturated rings. The minimum absolute atomic E-state index is 0.622. The maximum atomic E-state index is 5.50. The Kier molecular flexibility index (Phi) is 5.25. The summed E-state index contributed by atoms with van der Waals surface area (Å²) in [6.45, 7) is 2.14. The lowest BCUT2D eigenvalue weighted by atomic mass is 10.1. The van der Waals surface area contributed by atoms with Crippen molar-refractivity contribution in [3.8, 4) is 5.75 Å². The van der Waals surface area contributed by atoms with Gasteiger partial charge in [0.1, 0.15) is 18.4 Å². The van der Waals surface area contributed by atoms with Gasteiger partial charge in [0.25, 0.3) is 0 Å². The third-order valence-corrected chi connectivity index (χ3v) is 4.53. The van der Waals surface area contributed by atoms with Gasteiger partial charge in [0.2, 0.25) is 0 Å². The minimum atomic E-state index is 0.622. The Morgan fingerprint density at radius 1 is 1.07 bits per heavy atom. The van der Waals surface area contributed by atoms with Crippen molar-refractivity contribution < 1.29 is 4.74 Å². The Hall–Kier alpha value is -3.32. The van der Waals surface area contributed by atoms with Gasteiger partial charge in [-0.1, -0.05) is 18.2 Å². The van der Waals surface area contributed by atoms with Crippen LogP contribution in [0.3, 0.4) is 0 Å².